The van der Waals surface area contributed by atoms with Crippen LogP contribution >= 0.6 is 11.3 Å². The Morgan fingerprint density at radius 2 is 2.33 bits per heavy atom. The maximum atomic E-state index is 11.6. The summed E-state index contributed by atoms with van der Waals surface area (Å²) in [6, 6.07) is 1.70. The molecular formula is C10H9N3O4S. The fraction of sp³-hybridized carbons (Fsp3) is 0.200. The highest BCUT2D eigenvalue weighted by atomic mass is 32.1. The highest BCUT2D eigenvalue weighted by Gasteiger charge is 2.14. The molecule has 8 heteroatoms. The van der Waals surface area contributed by atoms with E-state index >= 15 is 0 Å². The maximum absolute atomic E-state index is 11.6. The van der Waals surface area contributed by atoms with Crippen molar-refractivity contribution in [2.24, 2.45) is 0 Å². The van der Waals surface area contributed by atoms with E-state index in [2.05, 4.69) is 15.5 Å². The number of hydrogen-bond acceptors (Lipinski definition) is 6. The van der Waals surface area contributed by atoms with Crippen molar-refractivity contribution in [1.29, 1.82) is 0 Å². The molecule has 0 aromatic carbocycles. The number of nitrogens with zero attached hydrogens (tertiary/aromatic N) is 2. The van der Waals surface area contributed by atoms with Gasteiger partial charge >= 0.3 is 5.97 Å². The van der Waals surface area contributed by atoms with Crippen molar-refractivity contribution in [2.45, 2.75) is 13.5 Å². The van der Waals surface area contributed by atoms with Crippen LogP contribution in [0.4, 0.5) is 0 Å². The first-order chi connectivity index (χ1) is 8.56. The molecular weight excluding hydrogens is 258 g/mol. The van der Waals surface area contributed by atoms with Crippen LogP contribution in [0.5, 0.6) is 0 Å². The van der Waals surface area contributed by atoms with Gasteiger partial charge in [0, 0.05) is 11.4 Å². The van der Waals surface area contributed by atoms with Gasteiger partial charge in [0.2, 0.25) is 0 Å². The second-order valence-electron chi connectivity index (χ2n) is 3.45. The van der Waals surface area contributed by atoms with E-state index in [1.54, 1.807) is 13.0 Å². The van der Waals surface area contributed by atoms with Gasteiger partial charge in [-0.05, 0) is 6.92 Å². The van der Waals surface area contributed by atoms with Gasteiger partial charge < -0.3 is 14.9 Å². The summed E-state index contributed by atoms with van der Waals surface area (Å²) in [6.45, 7) is 1.95. The van der Waals surface area contributed by atoms with Crippen LogP contribution in [0.25, 0.3) is 0 Å². The van der Waals surface area contributed by atoms with E-state index in [4.69, 9.17) is 9.63 Å². The third kappa shape index (κ3) is 2.72. The predicted octanol–water partition coefficient (Wildman–Crippen LogP) is 1.07. The molecule has 2 N–H and O–H groups in total. The molecule has 94 valence electrons. The number of carboxylic acids is 1. The van der Waals surface area contributed by atoms with Gasteiger partial charge in [0.1, 0.15) is 11.5 Å². The number of carboxylic acid groups (broad SMARTS) is 1. The van der Waals surface area contributed by atoms with E-state index in [0.717, 1.165) is 11.3 Å². The minimum Gasteiger partial charge on any atom is -0.476 e. The summed E-state index contributed by atoms with van der Waals surface area (Å²) in [4.78, 5) is 25.9. The molecule has 0 unspecified atom stereocenters. The largest absolute Gasteiger partial charge is 0.476 e. The number of aromatic nitrogens is 2. The molecule has 0 saturated carbocycles. The summed E-state index contributed by atoms with van der Waals surface area (Å²) >= 11 is 0.978. The molecule has 0 spiro atoms. The maximum Gasteiger partial charge on any atom is 0.355 e. The van der Waals surface area contributed by atoms with Crippen molar-refractivity contribution in [2.75, 3.05) is 0 Å². The number of amides is 1. The van der Waals surface area contributed by atoms with Gasteiger partial charge in [0.05, 0.1) is 6.54 Å². The quantitative estimate of drug-likeness (QED) is 0.858. The Morgan fingerprint density at radius 1 is 1.56 bits per heavy atom. The Morgan fingerprint density at radius 3 is 2.89 bits per heavy atom. The summed E-state index contributed by atoms with van der Waals surface area (Å²) in [5, 5.41) is 16.4. The Kier molecular flexibility index (Phi) is 3.38. The van der Waals surface area contributed by atoms with Gasteiger partial charge in [-0.3, -0.25) is 4.79 Å². The smallest absolute Gasteiger partial charge is 0.355 e. The van der Waals surface area contributed by atoms with Crippen LogP contribution in [0.1, 0.15) is 31.7 Å². The number of hydrogen-bond donors (Lipinski definition) is 2. The fourth-order valence-electron chi connectivity index (χ4n) is 1.22. The average molecular weight is 267 g/mol. The zero-order valence-corrected chi connectivity index (χ0v) is 10.2. The van der Waals surface area contributed by atoms with Gasteiger partial charge in [-0.2, -0.15) is 0 Å². The van der Waals surface area contributed by atoms with Crippen LogP contribution in [-0.2, 0) is 6.54 Å². The molecule has 2 aromatic rings. The molecule has 0 atom stereocenters. The zero-order valence-electron chi connectivity index (χ0n) is 9.34. The zero-order chi connectivity index (χ0) is 13.1. The van der Waals surface area contributed by atoms with Crippen molar-refractivity contribution < 1.29 is 19.2 Å². The number of aromatic carboxylic acids is 1. The molecule has 2 rings (SSSR count). The van der Waals surface area contributed by atoms with Crippen molar-refractivity contribution >= 4 is 23.2 Å². The molecule has 0 aliphatic carbocycles. The topological polar surface area (TPSA) is 105 Å². The van der Waals surface area contributed by atoms with Crippen LogP contribution in [0, 0.1) is 6.92 Å². The lowest BCUT2D eigenvalue weighted by molar-refractivity contribution is 0.0691. The Labute approximate surface area is 105 Å². The molecule has 0 aliphatic heterocycles. The molecule has 1 amide bonds. The monoisotopic (exact) mass is 267 g/mol. The van der Waals surface area contributed by atoms with Crippen LogP contribution in [0.15, 0.2) is 16.0 Å². The van der Waals surface area contributed by atoms with E-state index in [9.17, 15) is 9.59 Å². The van der Waals surface area contributed by atoms with Crippen LogP contribution < -0.4 is 5.32 Å². The van der Waals surface area contributed by atoms with Gasteiger partial charge in [-0.25, -0.2) is 9.78 Å². The van der Waals surface area contributed by atoms with Crippen molar-refractivity contribution in [3.63, 3.8) is 0 Å². The predicted molar refractivity (Wildman–Crippen MR) is 61.5 cm³/mol. The van der Waals surface area contributed by atoms with Crippen LogP contribution in [0.3, 0.4) is 0 Å². The standard InChI is InChI=1S/C10H9N3O4S/c1-5-2-6(13-17-5)3-11-8(14)9-12-7(4-18-9)10(15)16/h2,4H,3H2,1H3,(H,11,14)(H,15,16). The molecule has 0 bridgehead atoms. The summed E-state index contributed by atoms with van der Waals surface area (Å²) in [5.74, 6) is -0.938. The normalized spacial score (nSPS) is 10.3. The van der Waals surface area contributed by atoms with Crippen molar-refractivity contribution in [3.05, 3.63) is 33.6 Å². The Hall–Kier alpha value is -2.22. The van der Waals surface area contributed by atoms with Crippen molar-refractivity contribution in [3.8, 4) is 0 Å². The first-order valence-corrected chi connectivity index (χ1v) is 5.83. The van der Waals surface area contributed by atoms with E-state index < -0.39 is 11.9 Å². The molecule has 0 radical (unpaired) electrons. The number of carbonyl (C=O) groups is 2. The van der Waals surface area contributed by atoms with Crippen molar-refractivity contribution in [1.82, 2.24) is 15.5 Å². The molecule has 0 saturated heterocycles. The molecule has 0 fully saturated rings. The van der Waals surface area contributed by atoms with E-state index in [0.29, 0.717) is 11.5 Å². The summed E-state index contributed by atoms with van der Waals surface area (Å²) in [7, 11) is 0. The summed E-state index contributed by atoms with van der Waals surface area (Å²) < 4.78 is 4.85. The number of thiazole rings is 1. The average Bonchev–Trinajstić information content (AvgIpc) is 2.94. The number of rotatable bonds is 4. The van der Waals surface area contributed by atoms with Crippen LogP contribution in [-0.4, -0.2) is 27.1 Å². The number of carbonyl (C=O) groups excluding carboxylic acids is 1. The minimum absolute atomic E-state index is 0.104. The lowest BCUT2D eigenvalue weighted by Gasteiger charge is -1.98. The van der Waals surface area contributed by atoms with Crippen LogP contribution in [0.2, 0.25) is 0 Å². The SMILES string of the molecule is Cc1cc(CNC(=O)c2nc(C(=O)O)cs2)no1. The van der Waals surface area contributed by atoms with E-state index in [1.165, 1.54) is 5.38 Å². The third-order valence-electron chi connectivity index (χ3n) is 2.02. The summed E-state index contributed by atoms with van der Waals surface area (Å²) in [5.41, 5.74) is 0.457. The molecule has 7 nitrogen and oxygen atoms in total. The first kappa shape index (κ1) is 12.2. The Bertz CT molecular complexity index is 589. The highest BCUT2D eigenvalue weighted by molar-refractivity contribution is 7.11. The molecule has 18 heavy (non-hydrogen) atoms. The van der Waals surface area contributed by atoms with Gasteiger partial charge in [0.15, 0.2) is 10.7 Å². The van der Waals surface area contributed by atoms with E-state index in [1.807, 2.05) is 0 Å². The van der Waals surface area contributed by atoms with Gasteiger partial charge in [0.25, 0.3) is 5.91 Å². The minimum atomic E-state index is -1.16. The highest BCUT2D eigenvalue weighted by Crippen LogP contribution is 2.10. The number of aryl methyl sites for hydroxylation is 1. The second kappa shape index (κ2) is 4.96. The molecule has 2 heterocycles. The second-order valence-corrected chi connectivity index (χ2v) is 4.31. The third-order valence-corrected chi connectivity index (χ3v) is 2.87. The van der Waals surface area contributed by atoms with Gasteiger partial charge in [-0.15, -0.1) is 11.3 Å². The van der Waals surface area contributed by atoms with Gasteiger partial charge in [-0.1, -0.05) is 5.16 Å². The lowest BCUT2D eigenvalue weighted by Crippen LogP contribution is -2.22. The number of nitrogens with one attached hydrogen (secondary N) is 1. The fourth-order valence-corrected chi connectivity index (χ4v) is 1.93. The molecule has 2 aromatic heterocycles. The molecule has 0 aliphatic rings. The summed E-state index contributed by atoms with van der Waals surface area (Å²) in [6.07, 6.45) is 0. The van der Waals surface area contributed by atoms with E-state index in [-0.39, 0.29) is 17.2 Å². The first-order valence-electron chi connectivity index (χ1n) is 4.95. The Balaban J connectivity index is 1.97. The lowest BCUT2D eigenvalue weighted by atomic mass is 10.4.